The summed E-state index contributed by atoms with van der Waals surface area (Å²) in [6.07, 6.45) is 1.24. The number of tetrazole rings is 1. The number of carboxylic acid groups (broad SMARTS) is 1. The predicted octanol–water partition coefficient (Wildman–Crippen LogP) is -2.19. The van der Waals surface area contributed by atoms with Crippen molar-refractivity contribution in [1.82, 2.24) is 40.9 Å². The molecule has 2 aromatic rings. The van der Waals surface area contributed by atoms with Gasteiger partial charge in [0.1, 0.15) is 6.54 Å². The molecule has 0 aliphatic carbocycles. The SMILES string of the molecule is O=C(O)Cn1cc(C(=O)NCc2nn[nH]n2)nn1. The van der Waals surface area contributed by atoms with Gasteiger partial charge in [0.2, 0.25) is 0 Å². The Morgan fingerprint density at radius 3 is 2.94 bits per heavy atom. The molecule has 2 rings (SSSR count). The van der Waals surface area contributed by atoms with Gasteiger partial charge in [0.25, 0.3) is 5.91 Å². The summed E-state index contributed by atoms with van der Waals surface area (Å²) >= 11 is 0. The van der Waals surface area contributed by atoms with Crippen molar-refractivity contribution in [2.24, 2.45) is 0 Å². The van der Waals surface area contributed by atoms with Crippen LogP contribution in [-0.4, -0.2) is 52.6 Å². The smallest absolute Gasteiger partial charge is 0.325 e. The summed E-state index contributed by atoms with van der Waals surface area (Å²) in [5.41, 5.74) is 0.0137. The van der Waals surface area contributed by atoms with Gasteiger partial charge in [-0.1, -0.05) is 10.4 Å². The third-order valence-electron chi connectivity index (χ3n) is 1.86. The summed E-state index contributed by atoms with van der Waals surface area (Å²) in [6.45, 7) is -0.272. The largest absolute Gasteiger partial charge is 0.480 e. The molecule has 11 heteroatoms. The Balaban J connectivity index is 1.92. The third kappa shape index (κ3) is 2.84. The number of rotatable bonds is 5. The van der Waals surface area contributed by atoms with Gasteiger partial charge in [-0.15, -0.1) is 15.3 Å². The van der Waals surface area contributed by atoms with Crippen LogP contribution in [0, 0.1) is 0 Å². The van der Waals surface area contributed by atoms with Gasteiger partial charge < -0.3 is 10.4 Å². The second kappa shape index (κ2) is 4.99. The van der Waals surface area contributed by atoms with Gasteiger partial charge >= 0.3 is 5.97 Å². The molecular formula is C7H8N8O3. The van der Waals surface area contributed by atoms with Gasteiger partial charge in [0.15, 0.2) is 11.5 Å². The predicted molar refractivity (Wildman–Crippen MR) is 53.0 cm³/mol. The number of aliphatic carboxylic acids is 1. The molecule has 0 saturated heterocycles. The van der Waals surface area contributed by atoms with Gasteiger partial charge in [0.05, 0.1) is 12.7 Å². The highest BCUT2D eigenvalue weighted by Crippen LogP contribution is 1.94. The number of aromatic amines is 1. The molecule has 0 aliphatic heterocycles. The number of aromatic nitrogens is 7. The molecule has 0 aliphatic rings. The standard InChI is InChI=1S/C7H8N8O3/c16-6(17)3-15-2-4(9-14-15)7(18)8-1-5-10-12-13-11-5/h2H,1,3H2,(H,8,18)(H,16,17)(H,10,11,12,13). The van der Waals surface area contributed by atoms with E-state index in [9.17, 15) is 9.59 Å². The van der Waals surface area contributed by atoms with Crippen LogP contribution < -0.4 is 5.32 Å². The van der Waals surface area contributed by atoms with E-state index in [1.165, 1.54) is 6.20 Å². The van der Waals surface area contributed by atoms with Gasteiger partial charge in [-0.05, 0) is 0 Å². The van der Waals surface area contributed by atoms with Crippen molar-refractivity contribution in [3.05, 3.63) is 17.7 Å². The summed E-state index contributed by atoms with van der Waals surface area (Å²) < 4.78 is 1.05. The maximum absolute atomic E-state index is 11.6. The molecule has 94 valence electrons. The van der Waals surface area contributed by atoms with E-state index in [1.807, 2.05) is 0 Å². The fourth-order valence-corrected chi connectivity index (χ4v) is 1.13. The fraction of sp³-hybridized carbons (Fsp3) is 0.286. The van der Waals surface area contributed by atoms with Crippen molar-refractivity contribution in [1.29, 1.82) is 0 Å². The second-order valence-electron chi connectivity index (χ2n) is 3.21. The highest BCUT2D eigenvalue weighted by Gasteiger charge is 2.12. The minimum atomic E-state index is -1.07. The zero-order chi connectivity index (χ0) is 13.0. The lowest BCUT2D eigenvalue weighted by Gasteiger charge is -1.97. The molecule has 2 aromatic heterocycles. The average molecular weight is 252 g/mol. The zero-order valence-electron chi connectivity index (χ0n) is 8.94. The van der Waals surface area contributed by atoms with Crippen LogP contribution in [0.5, 0.6) is 0 Å². The van der Waals surface area contributed by atoms with Gasteiger partial charge in [0, 0.05) is 0 Å². The Morgan fingerprint density at radius 2 is 2.28 bits per heavy atom. The summed E-state index contributed by atoms with van der Waals surface area (Å²) in [7, 11) is 0. The number of carboxylic acids is 1. The lowest BCUT2D eigenvalue weighted by atomic mass is 10.4. The molecule has 11 nitrogen and oxygen atoms in total. The molecule has 0 spiro atoms. The van der Waals surface area contributed by atoms with Crippen molar-refractivity contribution >= 4 is 11.9 Å². The van der Waals surface area contributed by atoms with E-state index in [4.69, 9.17) is 5.11 Å². The Kier molecular flexibility index (Phi) is 3.22. The van der Waals surface area contributed by atoms with E-state index < -0.39 is 11.9 Å². The fourth-order valence-electron chi connectivity index (χ4n) is 1.13. The number of carbonyl (C=O) groups excluding carboxylic acids is 1. The second-order valence-corrected chi connectivity index (χ2v) is 3.21. The first-order valence-corrected chi connectivity index (χ1v) is 4.77. The van der Waals surface area contributed by atoms with Gasteiger partial charge in [-0.2, -0.15) is 5.21 Å². The van der Waals surface area contributed by atoms with E-state index in [-0.39, 0.29) is 18.8 Å². The first-order valence-electron chi connectivity index (χ1n) is 4.77. The van der Waals surface area contributed by atoms with Crippen LogP contribution in [0.15, 0.2) is 6.20 Å². The van der Waals surface area contributed by atoms with Gasteiger partial charge in [-0.25, -0.2) is 4.68 Å². The number of nitrogens with one attached hydrogen (secondary N) is 2. The summed E-state index contributed by atoms with van der Waals surface area (Å²) in [5.74, 6) is -1.25. The Bertz CT molecular complexity index is 547. The maximum atomic E-state index is 11.6. The molecule has 3 N–H and O–H groups in total. The topological polar surface area (TPSA) is 152 Å². The quantitative estimate of drug-likeness (QED) is 0.542. The lowest BCUT2D eigenvalue weighted by Crippen LogP contribution is -2.23. The summed E-state index contributed by atoms with van der Waals surface area (Å²) in [4.78, 5) is 22.0. The number of amides is 1. The zero-order valence-corrected chi connectivity index (χ0v) is 8.94. The maximum Gasteiger partial charge on any atom is 0.325 e. The van der Waals surface area contributed by atoms with Crippen LogP contribution in [0.1, 0.15) is 16.3 Å². The average Bonchev–Trinajstić information content (AvgIpc) is 2.95. The molecule has 2 heterocycles. The number of hydrogen-bond donors (Lipinski definition) is 3. The highest BCUT2D eigenvalue weighted by atomic mass is 16.4. The van der Waals surface area contributed by atoms with Crippen molar-refractivity contribution in [2.75, 3.05) is 0 Å². The summed E-state index contributed by atoms with van der Waals surface area (Å²) in [6, 6.07) is 0. The third-order valence-corrected chi connectivity index (χ3v) is 1.86. The molecule has 0 aromatic carbocycles. The Morgan fingerprint density at radius 1 is 1.44 bits per heavy atom. The Hall–Kier alpha value is -2.85. The van der Waals surface area contributed by atoms with E-state index in [1.54, 1.807) is 0 Å². The van der Waals surface area contributed by atoms with E-state index in [0.29, 0.717) is 5.82 Å². The monoisotopic (exact) mass is 252 g/mol. The van der Waals surface area contributed by atoms with Crippen LogP contribution in [-0.2, 0) is 17.9 Å². The minimum Gasteiger partial charge on any atom is -0.480 e. The van der Waals surface area contributed by atoms with Crippen LogP contribution in [0.2, 0.25) is 0 Å². The van der Waals surface area contributed by atoms with E-state index >= 15 is 0 Å². The molecule has 0 atom stereocenters. The van der Waals surface area contributed by atoms with E-state index in [2.05, 4.69) is 36.3 Å². The molecule has 0 bridgehead atoms. The van der Waals surface area contributed by atoms with Crippen LogP contribution in [0.4, 0.5) is 0 Å². The number of nitrogens with zero attached hydrogens (tertiary/aromatic N) is 6. The van der Waals surface area contributed by atoms with Crippen molar-refractivity contribution in [3.8, 4) is 0 Å². The van der Waals surface area contributed by atoms with Crippen molar-refractivity contribution < 1.29 is 14.7 Å². The van der Waals surface area contributed by atoms with Crippen LogP contribution >= 0.6 is 0 Å². The molecule has 0 unspecified atom stereocenters. The number of hydrogen-bond acceptors (Lipinski definition) is 7. The van der Waals surface area contributed by atoms with Crippen LogP contribution in [0.3, 0.4) is 0 Å². The summed E-state index contributed by atoms with van der Waals surface area (Å²) in [5, 5.41) is 30.9. The lowest BCUT2D eigenvalue weighted by molar-refractivity contribution is -0.137. The first-order chi connectivity index (χ1) is 8.65. The molecule has 0 fully saturated rings. The van der Waals surface area contributed by atoms with Crippen LogP contribution in [0.25, 0.3) is 0 Å². The molecule has 1 amide bonds. The number of carbonyl (C=O) groups is 2. The molecule has 0 saturated carbocycles. The molecule has 18 heavy (non-hydrogen) atoms. The van der Waals surface area contributed by atoms with Crippen molar-refractivity contribution in [3.63, 3.8) is 0 Å². The van der Waals surface area contributed by atoms with Gasteiger partial charge in [-0.3, -0.25) is 9.59 Å². The molecular weight excluding hydrogens is 244 g/mol. The number of H-pyrrole nitrogens is 1. The highest BCUT2D eigenvalue weighted by molar-refractivity contribution is 5.91. The Labute approximate surface area is 99.2 Å². The van der Waals surface area contributed by atoms with Crippen molar-refractivity contribution in [2.45, 2.75) is 13.1 Å². The first kappa shape index (κ1) is 11.6. The normalized spacial score (nSPS) is 10.2. The minimum absolute atomic E-state index is 0.0137. The van der Waals surface area contributed by atoms with E-state index in [0.717, 1.165) is 4.68 Å². The molecule has 0 radical (unpaired) electrons.